The van der Waals surface area contributed by atoms with E-state index in [-0.39, 0.29) is 18.0 Å². The topological polar surface area (TPSA) is 81.2 Å². The third kappa shape index (κ3) is 4.31. The molecule has 1 rings (SSSR count). The van der Waals surface area contributed by atoms with E-state index in [2.05, 4.69) is 5.10 Å². The lowest BCUT2D eigenvalue weighted by Gasteiger charge is -2.23. The van der Waals surface area contributed by atoms with Gasteiger partial charge in [0, 0.05) is 12.2 Å². The van der Waals surface area contributed by atoms with E-state index in [4.69, 9.17) is 5.73 Å². The number of nitrogens with two attached hydrogens (primary N) is 1. The molecular formula is C15H26N4O2. The number of hydrogen-bond acceptors (Lipinski definition) is 3. The van der Waals surface area contributed by atoms with Gasteiger partial charge in [0.15, 0.2) is 0 Å². The molecule has 0 unspecified atom stereocenters. The Morgan fingerprint density at radius 1 is 1.38 bits per heavy atom. The minimum Gasteiger partial charge on any atom is -0.368 e. The normalized spacial score (nSPS) is 11.5. The molecule has 6 heteroatoms. The van der Waals surface area contributed by atoms with Crippen molar-refractivity contribution in [3.8, 4) is 0 Å². The number of rotatable bonds is 6. The van der Waals surface area contributed by atoms with Crippen molar-refractivity contribution >= 4 is 11.8 Å². The minimum absolute atomic E-state index is 0.0566. The first-order valence-corrected chi connectivity index (χ1v) is 7.31. The Morgan fingerprint density at radius 2 is 2.00 bits per heavy atom. The van der Waals surface area contributed by atoms with E-state index in [0.717, 1.165) is 18.5 Å². The molecule has 0 aromatic carbocycles. The highest BCUT2D eigenvalue weighted by Gasteiger charge is 2.25. The van der Waals surface area contributed by atoms with Crippen LogP contribution in [0.5, 0.6) is 0 Å². The van der Waals surface area contributed by atoms with Gasteiger partial charge in [0.05, 0.1) is 23.8 Å². The van der Waals surface area contributed by atoms with Gasteiger partial charge >= 0.3 is 0 Å². The molecule has 118 valence electrons. The van der Waals surface area contributed by atoms with Crippen LogP contribution in [-0.2, 0) is 10.3 Å². The maximum absolute atomic E-state index is 12.6. The lowest BCUT2D eigenvalue weighted by atomic mass is 10.1. The second-order valence-electron chi connectivity index (χ2n) is 6.27. The SMILES string of the molecule is CCCCN(CC(N)=O)C(=O)c1cnn(C(C)(C)C)c1C. The van der Waals surface area contributed by atoms with E-state index in [1.54, 1.807) is 6.20 Å². The average molecular weight is 294 g/mol. The summed E-state index contributed by atoms with van der Waals surface area (Å²) in [7, 11) is 0. The third-order valence-corrected chi connectivity index (χ3v) is 3.29. The van der Waals surface area contributed by atoms with E-state index in [1.165, 1.54) is 4.90 Å². The van der Waals surface area contributed by atoms with Crippen LogP contribution in [0.3, 0.4) is 0 Å². The number of unbranched alkanes of at least 4 members (excludes halogenated alkanes) is 1. The van der Waals surface area contributed by atoms with Crippen molar-refractivity contribution in [1.82, 2.24) is 14.7 Å². The number of primary amides is 1. The second kappa shape index (κ2) is 6.74. The van der Waals surface area contributed by atoms with E-state index in [9.17, 15) is 9.59 Å². The number of carbonyl (C=O) groups is 2. The summed E-state index contributed by atoms with van der Waals surface area (Å²) >= 11 is 0. The number of aromatic nitrogens is 2. The van der Waals surface area contributed by atoms with Crippen LogP contribution < -0.4 is 5.73 Å². The van der Waals surface area contributed by atoms with E-state index >= 15 is 0 Å². The molecule has 0 saturated heterocycles. The van der Waals surface area contributed by atoms with Crippen LogP contribution in [0.2, 0.25) is 0 Å². The van der Waals surface area contributed by atoms with Gasteiger partial charge in [-0.3, -0.25) is 14.3 Å². The zero-order valence-corrected chi connectivity index (χ0v) is 13.6. The highest BCUT2D eigenvalue weighted by Crippen LogP contribution is 2.19. The Hall–Kier alpha value is -1.85. The fraction of sp³-hybridized carbons (Fsp3) is 0.667. The van der Waals surface area contributed by atoms with Crippen molar-refractivity contribution < 1.29 is 9.59 Å². The summed E-state index contributed by atoms with van der Waals surface area (Å²) in [4.78, 5) is 25.3. The zero-order valence-electron chi connectivity index (χ0n) is 13.6. The summed E-state index contributed by atoms with van der Waals surface area (Å²) in [6.45, 7) is 10.5. The Bertz CT molecular complexity index is 514. The molecule has 1 heterocycles. The summed E-state index contributed by atoms with van der Waals surface area (Å²) in [5, 5.41) is 4.30. The average Bonchev–Trinajstić information content (AvgIpc) is 2.74. The van der Waals surface area contributed by atoms with Crippen molar-refractivity contribution in [3.63, 3.8) is 0 Å². The molecule has 0 aliphatic rings. The maximum Gasteiger partial charge on any atom is 0.257 e. The lowest BCUT2D eigenvalue weighted by molar-refractivity contribution is -0.118. The van der Waals surface area contributed by atoms with Crippen molar-refractivity contribution in [3.05, 3.63) is 17.5 Å². The molecule has 0 bridgehead atoms. The Morgan fingerprint density at radius 3 is 2.43 bits per heavy atom. The van der Waals surface area contributed by atoms with Gasteiger partial charge in [-0.05, 0) is 34.1 Å². The van der Waals surface area contributed by atoms with Crippen molar-refractivity contribution in [2.24, 2.45) is 5.73 Å². The fourth-order valence-corrected chi connectivity index (χ4v) is 2.26. The molecule has 6 nitrogen and oxygen atoms in total. The lowest BCUT2D eigenvalue weighted by Crippen LogP contribution is -2.39. The number of amides is 2. The van der Waals surface area contributed by atoms with Crippen molar-refractivity contribution in [2.45, 2.75) is 53.0 Å². The van der Waals surface area contributed by atoms with Gasteiger partial charge in [0.25, 0.3) is 5.91 Å². The molecule has 0 atom stereocenters. The van der Waals surface area contributed by atoms with Crippen LogP contribution >= 0.6 is 0 Å². The first kappa shape index (κ1) is 17.2. The number of hydrogen-bond donors (Lipinski definition) is 1. The van der Waals surface area contributed by atoms with Crippen LogP contribution in [0.4, 0.5) is 0 Å². The molecule has 2 N–H and O–H groups in total. The Labute approximate surface area is 126 Å². The van der Waals surface area contributed by atoms with E-state index in [1.807, 2.05) is 39.3 Å². The van der Waals surface area contributed by atoms with Gasteiger partial charge in [0.2, 0.25) is 5.91 Å². The summed E-state index contributed by atoms with van der Waals surface area (Å²) in [5.74, 6) is -0.685. The predicted octanol–water partition coefficient (Wildman–Crippen LogP) is 1.67. The highest BCUT2D eigenvalue weighted by molar-refractivity contribution is 5.97. The monoisotopic (exact) mass is 294 g/mol. The van der Waals surface area contributed by atoms with Gasteiger partial charge in [0.1, 0.15) is 0 Å². The van der Waals surface area contributed by atoms with Gasteiger partial charge in [-0.25, -0.2) is 0 Å². The van der Waals surface area contributed by atoms with Crippen molar-refractivity contribution in [1.29, 1.82) is 0 Å². The quantitative estimate of drug-likeness (QED) is 0.866. The summed E-state index contributed by atoms with van der Waals surface area (Å²) in [6, 6.07) is 0. The van der Waals surface area contributed by atoms with Gasteiger partial charge < -0.3 is 10.6 Å². The van der Waals surface area contributed by atoms with Gasteiger partial charge in [-0.15, -0.1) is 0 Å². The van der Waals surface area contributed by atoms with Crippen LogP contribution in [0.15, 0.2) is 6.20 Å². The molecule has 21 heavy (non-hydrogen) atoms. The number of nitrogens with zero attached hydrogens (tertiary/aromatic N) is 3. The molecular weight excluding hydrogens is 268 g/mol. The molecule has 1 aromatic heterocycles. The summed E-state index contributed by atoms with van der Waals surface area (Å²) in [6.07, 6.45) is 3.36. The highest BCUT2D eigenvalue weighted by atomic mass is 16.2. The largest absolute Gasteiger partial charge is 0.368 e. The first-order chi connectivity index (χ1) is 9.68. The predicted molar refractivity (Wildman–Crippen MR) is 82.0 cm³/mol. The number of carbonyl (C=O) groups excluding carboxylic acids is 2. The summed E-state index contributed by atoms with van der Waals surface area (Å²) < 4.78 is 1.82. The summed E-state index contributed by atoms with van der Waals surface area (Å²) in [5.41, 5.74) is 6.38. The maximum atomic E-state index is 12.6. The molecule has 0 aliphatic carbocycles. The smallest absolute Gasteiger partial charge is 0.257 e. The van der Waals surface area contributed by atoms with E-state index in [0.29, 0.717) is 12.1 Å². The molecule has 0 spiro atoms. The first-order valence-electron chi connectivity index (χ1n) is 7.31. The molecule has 0 saturated carbocycles. The molecule has 2 amide bonds. The second-order valence-corrected chi connectivity index (χ2v) is 6.27. The van der Waals surface area contributed by atoms with Crippen LogP contribution in [0.1, 0.15) is 56.6 Å². The van der Waals surface area contributed by atoms with Crippen LogP contribution in [0.25, 0.3) is 0 Å². The Balaban J connectivity index is 3.03. The van der Waals surface area contributed by atoms with Gasteiger partial charge in [-0.2, -0.15) is 5.10 Å². The van der Waals surface area contributed by atoms with E-state index < -0.39 is 5.91 Å². The van der Waals surface area contributed by atoms with Crippen molar-refractivity contribution in [2.75, 3.05) is 13.1 Å². The fourth-order valence-electron chi connectivity index (χ4n) is 2.26. The molecule has 0 fully saturated rings. The minimum atomic E-state index is -0.500. The Kier molecular flexibility index (Phi) is 5.52. The van der Waals surface area contributed by atoms with Crippen LogP contribution in [-0.4, -0.2) is 39.6 Å². The molecule has 1 aromatic rings. The van der Waals surface area contributed by atoms with Crippen LogP contribution in [0, 0.1) is 6.92 Å². The van der Waals surface area contributed by atoms with Gasteiger partial charge in [-0.1, -0.05) is 13.3 Å². The zero-order chi connectivity index (χ0) is 16.2. The molecule has 0 radical (unpaired) electrons. The standard InChI is InChI=1S/C15H26N4O2/c1-6-7-8-18(10-13(16)20)14(21)12-9-17-19(11(12)2)15(3,4)5/h9H,6-8,10H2,1-5H3,(H2,16,20). The molecule has 0 aliphatic heterocycles. The third-order valence-electron chi connectivity index (χ3n) is 3.29.